The molecule has 0 aromatic heterocycles. The molecule has 0 rings (SSSR count). The third-order valence-corrected chi connectivity index (χ3v) is 2.29. The van der Waals surface area contributed by atoms with E-state index < -0.39 is 6.04 Å². The molecule has 0 fully saturated rings. The smallest absolute Gasteiger partial charge is 0.241 e. The summed E-state index contributed by atoms with van der Waals surface area (Å²) in [6.45, 7) is 8.58. The van der Waals surface area contributed by atoms with E-state index in [0.29, 0.717) is 19.5 Å². The van der Waals surface area contributed by atoms with Crippen LogP contribution in [0.15, 0.2) is 12.7 Å². The van der Waals surface area contributed by atoms with Gasteiger partial charge in [-0.2, -0.15) is 0 Å². The van der Waals surface area contributed by atoms with Gasteiger partial charge in [0.15, 0.2) is 0 Å². The average Bonchev–Trinajstić information content (AvgIpc) is 2.27. The minimum atomic E-state index is -0.623. The summed E-state index contributed by atoms with van der Waals surface area (Å²) in [4.78, 5) is 24.6. The third-order valence-electron chi connectivity index (χ3n) is 2.29. The van der Waals surface area contributed by atoms with Gasteiger partial charge < -0.3 is 16.0 Å². The molecule has 0 aromatic rings. The number of carbonyl (C=O) groups is 2. The second-order valence-corrected chi connectivity index (χ2v) is 3.41. The van der Waals surface area contributed by atoms with Crippen LogP contribution in [0.4, 0.5) is 0 Å². The number of rotatable bonds is 7. The fourth-order valence-electron chi connectivity index (χ4n) is 1.27. The number of hydrogen-bond acceptors (Lipinski definition) is 3. The quantitative estimate of drug-likeness (QED) is 0.595. The van der Waals surface area contributed by atoms with Gasteiger partial charge in [0.05, 0.1) is 12.6 Å². The van der Waals surface area contributed by atoms with Crippen LogP contribution in [0.3, 0.4) is 0 Å². The highest BCUT2D eigenvalue weighted by Crippen LogP contribution is 1.90. The first-order chi connectivity index (χ1) is 7.56. The van der Waals surface area contributed by atoms with Gasteiger partial charge in [-0.25, -0.2) is 0 Å². The Labute approximate surface area is 96.7 Å². The van der Waals surface area contributed by atoms with Crippen molar-refractivity contribution >= 4 is 11.8 Å². The molecule has 1 atom stereocenters. The molecule has 0 saturated heterocycles. The molecule has 16 heavy (non-hydrogen) atoms. The Morgan fingerprint density at radius 2 is 2.00 bits per heavy atom. The number of hydrogen-bond donors (Lipinski definition) is 2. The summed E-state index contributed by atoms with van der Waals surface area (Å²) < 4.78 is 0. The highest BCUT2D eigenvalue weighted by molar-refractivity contribution is 5.87. The largest absolute Gasteiger partial charge is 0.346 e. The van der Waals surface area contributed by atoms with Gasteiger partial charge in [0, 0.05) is 13.1 Å². The van der Waals surface area contributed by atoms with Crippen molar-refractivity contribution in [1.82, 2.24) is 10.2 Å². The molecule has 5 nitrogen and oxygen atoms in total. The van der Waals surface area contributed by atoms with Crippen molar-refractivity contribution in [3.05, 3.63) is 12.7 Å². The molecule has 0 aliphatic carbocycles. The van der Waals surface area contributed by atoms with E-state index in [2.05, 4.69) is 11.9 Å². The molecule has 2 amide bonds. The van der Waals surface area contributed by atoms with Gasteiger partial charge in [0.1, 0.15) is 0 Å². The maximum absolute atomic E-state index is 11.5. The second-order valence-electron chi connectivity index (χ2n) is 3.41. The lowest BCUT2D eigenvalue weighted by Gasteiger charge is -2.19. The van der Waals surface area contributed by atoms with Gasteiger partial charge in [-0.05, 0) is 20.3 Å². The van der Waals surface area contributed by atoms with Crippen molar-refractivity contribution in [2.45, 2.75) is 26.3 Å². The first-order valence-electron chi connectivity index (χ1n) is 5.48. The van der Waals surface area contributed by atoms with E-state index in [1.54, 1.807) is 11.0 Å². The molecule has 92 valence electrons. The Kier molecular flexibility index (Phi) is 7.20. The molecule has 0 heterocycles. The van der Waals surface area contributed by atoms with Crippen LogP contribution < -0.4 is 11.1 Å². The standard InChI is InChI=1S/C11H21N3O2/c1-4-7-9(12)11(16)13-8-10(15)14(5-2)6-3/h4,9H,1,5-8,12H2,2-3H3,(H,13,16). The van der Waals surface area contributed by atoms with E-state index in [1.165, 1.54) is 0 Å². The minimum Gasteiger partial charge on any atom is -0.346 e. The number of carbonyl (C=O) groups excluding carboxylic acids is 2. The van der Waals surface area contributed by atoms with Crippen LogP contribution in [0.2, 0.25) is 0 Å². The molecule has 3 N–H and O–H groups in total. The minimum absolute atomic E-state index is 0.00531. The van der Waals surface area contributed by atoms with Crippen molar-refractivity contribution in [2.24, 2.45) is 5.73 Å². The monoisotopic (exact) mass is 227 g/mol. The van der Waals surface area contributed by atoms with Crippen molar-refractivity contribution < 1.29 is 9.59 Å². The lowest BCUT2D eigenvalue weighted by molar-refractivity contribution is -0.132. The van der Waals surface area contributed by atoms with E-state index in [4.69, 9.17) is 5.73 Å². The Bertz CT molecular complexity index is 250. The summed E-state index contributed by atoms with van der Waals surface area (Å²) in [5.41, 5.74) is 5.55. The maximum Gasteiger partial charge on any atom is 0.241 e. The van der Waals surface area contributed by atoms with Gasteiger partial charge >= 0.3 is 0 Å². The van der Waals surface area contributed by atoms with E-state index in [9.17, 15) is 9.59 Å². The van der Waals surface area contributed by atoms with E-state index in [-0.39, 0.29) is 18.4 Å². The number of amides is 2. The molecule has 0 aliphatic rings. The molecular weight excluding hydrogens is 206 g/mol. The Morgan fingerprint density at radius 1 is 1.44 bits per heavy atom. The van der Waals surface area contributed by atoms with Gasteiger partial charge in [-0.15, -0.1) is 6.58 Å². The first kappa shape index (κ1) is 14.6. The topological polar surface area (TPSA) is 75.4 Å². The zero-order chi connectivity index (χ0) is 12.6. The van der Waals surface area contributed by atoms with E-state index >= 15 is 0 Å². The number of likely N-dealkylation sites (N-methyl/N-ethyl adjacent to an activating group) is 1. The van der Waals surface area contributed by atoms with Crippen LogP contribution in [0.25, 0.3) is 0 Å². The predicted octanol–water partition coefficient (Wildman–Crippen LogP) is -0.126. The van der Waals surface area contributed by atoms with Gasteiger partial charge in [-0.1, -0.05) is 6.08 Å². The fourth-order valence-corrected chi connectivity index (χ4v) is 1.27. The zero-order valence-corrected chi connectivity index (χ0v) is 10.0. The molecule has 0 spiro atoms. The molecule has 0 aliphatic heterocycles. The predicted molar refractivity (Wildman–Crippen MR) is 63.7 cm³/mol. The van der Waals surface area contributed by atoms with Crippen LogP contribution in [0.1, 0.15) is 20.3 Å². The number of nitrogens with two attached hydrogens (primary N) is 1. The van der Waals surface area contributed by atoms with E-state index in [0.717, 1.165) is 0 Å². The zero-order valence-electron chi connectivity index (χ0n) is 10.0. The molecule has 5 heteroatoms. The summed E-state index contributed by atoms with van der Waals surface area (Å²) in [5, 5.41) is 2.51. The fraction of sp³-hybridized carbons (Fsp3) is 0.636. The van der Waals surface area contributed by atoms with Crippen LogP contribution in [0, 0.1) is 0 Å². The van der Waals surface area contributed by atoms with Crippen LogP contribution in [0.5, 0.6) is 0 Å². The third kappa shape index (κ3) is 4.93. The first-order valence-corrected chi connectivity index (χ1v) is 5.48. The van der Waals surface area contributed by atoms with Crippen molar-refractivity contribution in [1.29, 1.82) is 0 Å². The lowest BCUT2D eigenvalue weighted by Crippen LogP contribution is -2.45. The number of nitrogens with one attached hydrogen (secondary N) is 1. The lowest BCUT2D eigenvalue weighted by atomic mass is 10.2. The molecule has 1 unspecified atom stereocenters. The number of nitrogens with zero attached hydrogens (tertiary/aromatic N) is 1. The van der Waals surface area contributed by atoms with Crippen molar-refractivity contribution in [3.8, 4) is 0 Å². The van der Waals surface area contributed by atoms with Crippen LogP contribution in [-0.2, 0) is 9.59 Å². The summed E-state index contributed by atoms with van der Waals surface area (Å²) >= 11 is 0. The average molecular weight is 227 g/mol. The molecule has 0 bridgehead atoms. The summed E-state index contributed by atoms with van der Waals surface area (Å²) in [5.74, 6) is -0.412. The molecular formula is C11H21N3O2. The SMILES string of the molecule is C=CCC(N)C(=O)NCC(=O)N(CC)CC. The Morgan fingerprint density at radius 3 is 2.44 bits per heavy atom. The van der Waals surface area contributed by atoms with Gasteiger partial charge in [-0.3, -0.25) is 9.59 Å². The van der Waals surface area contributed by atoms with E-state index in [1.807, 2.05) is 13.8 Å². The Balaban J connectivity index is 4.00. The normalized spacial score (nSPS) is 11.7. The van der Waals surface area contributed by atoms with Crippen LogP contribution in [-0.4, -0.2) is 42.4 Å². The van der Waals surface area contributed by atoms with Crippen LogP contribution >= 0.6 is 0 Å². The molecule has 0 radical (unpaired) electrons. The Hall–Kier alpha value is -1.36. The maximum atomic E-state index is 11.5. The van der Waals surface area contributed by atoms with Crippen molar-refractivity contribution in [2.75, 3.05) is 19.6 Å². The molecule has 0 saturated carbocycles. The summed E-state index contributed by atoms with van der Waals surface area (Å²) in [7, 11) is 0. The highest BCUT2D eigenvalue weighted by Gasteiger charge is 2.14. The van der Waals surface area contributed by atoms with Crippen molar-refractivity contribution in [3.63, 3.8) is 0 Å². The summed E-state index contributed by atoms with van der Waals surface area (Å²) in [6, 6.07) is -0.623. The van der Waals surface area contributed by atoms with Gasteiger partial charge in [0.25, 0.3) is 0 Å². The molecule has 0 aromatic carbocycles. The summed E-state index contributed by atoms with van der Waals surface area (Å²) in [6.07, 6.45) is 1.99. The van der Waals surface area contributed by atoms with Gasteiger partial charge in [0.2, 0.25) is 11.8 Å². The highest BCUT2D eigenvalue weighted by atomic mass is 16.2. The second kappa shape index (κ2) is 7.87.